The van der Waals surface area contributed by atoms with Gasteiger partial charge in [0.25, 0.3) is 10.0 Å². The highest BCUT2D eigenvalue weighted by Gasteiger charge is 2.15. The second kappa shape index (κ2) is 8.33. The van der Waals surface area contributed by atoms with E-state index in [1.54, 1.807) is 41.2 Å². The summed E-state index contributed by atoms with van der Waals surface area (Å²) in [7, 11) is -3.69. The Morgan fingerprint density at radius 3 is 2.48 bits per heavy atom. The highest BCUT2D eigenvalue weighted by atomic mass is 35.5. The topological polar surface area (TPSA) is 64.0 Å². The number of anilines is 1. The number of aryl methyl sites for hydroxylation is 1. The zero-order chi connectivity index (χ0) is 19.4. The summed E-state index contributed by atoms with van der Waals surface area (Å²) < 4.78 is 29.2. The Hall–Kier alpha value is -2.02. The molecule has 5 nitrogen and oxygen atoms in total. The largest absolute Gasteiger partial charge is 0.266 e. The Bertz CT molecular complexity index is 1030. The monoisotopic (exact) mass is 423 g/mol. The first-order chi connectivity index (χ1) is 12.9. The molecule has 1 N–H and O–H groups in total. The van der Waals surface area contributed by atoms with Gasteiger partial charge >= 0.3 is 0 Å². The molecular weight excluding hydrogens is 405 g/mol. The lowest BCUT2D eigenvalue weighted by molar-refractivity contribution is 0.600. The van der Waals surface area contributed by atoms with Crippen LogP contribution in [0.5, 0.6) is 0 Å². The molecule has 0 aliphatic carbocycles. The number of hydrogen-bond donors (Lipinski definition) is 1. The molecule has 0 saturated carbocycles. The maximum atomic E-state index is 12.5. The maximum Gasteiger partial charge on any atom is 0.263 e. The number of hydrogen-bond acceptors (Lipinski definition) is 3. The SMILES string of the molecule is CCCc1ccc(S(=O)(=O)Nc2ccn(Cc3ccc(Cl)cc3Cl)n2)cc1. The highest BCUT2D eigenvalue weighted by Crippen LogP contribution is 2.22. The molecule has 0 amide bonds. The molecule has 27 heavy (non-hydrogen) atoms. The summed E-state index contributed by atoms with van der Waals surface area (Å²) in [5.74, 6) is 0.248. The number of halogens is 2. The predicted octanol–water partition coefficient (Wildman–Crippen LogP) is 4.99. The van der Waals surface area contributed by atoms with Crippen LogP contribution in [0.2, 0.25) is 10.0 Å². The summed E-state index contributed by atoms with van der Waals surface area (Å²) >= 11 is 12.1. The van der Waals surface area contributed by atoms with E-state index in [9.17, 15) is 8.42 Å². The molecule has 0 saturated heterocycles. The van der Waals surface area contributed by atoms with Crippen molar-refractivity contribution in [2.75, 3.05) is 4.72 Å². The quantitative estimate of drug-likeness (QED) is 0.581. The van der Waals surface area contributed by atoms with Crippen molar-refractivity contribution in [2.24, 2.45) is 0 Å². The van der Waals surface area contributed by atoms with E-state index in [1.165, 1.54) is 0 Å². The third-order valence-corrected chi connectivity index (χ3v) is 5.96. The van der Waals surface area contributed by atoms with Crippen LogP contribution in [-0.2, 0) is 23.0 Å². The van der Waals surface area contributed by atoms with Gasteiger partial charge < -0.3 is 0 Å². The van der Waals surface area contributed by atoms with Crippen LogP contribution in [0.1, 0.15) is 24.5 Å². The fraction of sp³-hybridized carbons (Fsp3) is 0.211. The van der Waals surface area contributed by atoms with Crippen LogP contribution in [-0.4, -0.2) is 18.2 Å². The maximum absolute atomic E-state index is 12.5. The van der Waals surface area contributed by atoms with Gasteiger partial charge in [0, 0.05) is 22.3 Å². The molecule has 0 radical (unpaired) electrons. The number of sulfonamides is 1. The van der Waals surface area contributed by atoms with Gasteiger partial charge in [0.15, 0.2) is 5.82 Å². The Balaban J connectivity index is 1.72. The van der Waals surface area contributed by atoms with Crippen LogP contribution in [0.3, 0.4) is 0 Å². The first-order valence-electron chi connectivity index (χ1n) is 8.46. The third-order valence-electron chi connectivity index (χ3n) is 4.00. The minimum Gasteiger partial charge on any atom is -0.266 e. The van der Waals surface area contributed by atoms with Crippen molar-refractivity contribution in [3.63, 3.8) is 0 Å². The van der Waals surface area contributed by atoms with Crippen LogP contribution >= 0.6 is 23.2 Å². The number of benzene rings is 2. The van der Waals surface area contributed by atoms with Gasteiger partial charge in [0.2, 0.25) is 0 Å². The minimum absolute atomic E-state index is 0.206. The minimum atomic E-state index is -3.69. The van der Waals surface area contributed by atoms with Crippen LogP contribution in [0.4, 0.5) is 5.82 Å². The molecular formula is C19H19Cl2N3O2S. The van der Waals surface area contributed by atoms with E-state index in [4.69, 9.17) is 23.2 Å². The van der Waals surface area contributed by atoms with Crippen molar-refractivity contribution in [3.8, 4) is 0 Å². The van der Waals surface area contributed by atoms with Crippen LogP contribution < -0.4 is 4.72 Å². The zero-order valence-electron chi connectivity index (χ0n) is 14.7. The van der Waals surface area contributed by atoms with Crippen molar-refractivity contribution < 1.29 is 8.42 Å². The molecule has 0 aliphatic rings. The lowest BCUT2D eigenvalue weighted by atomic mass is 10.1. The van der Waals surface area contributed by atoms with Crippen molar-refractivity contribution in [2.45, 2.75) is 31.2 Å². The molecule has 0 aliphatic heterocycles. The Kier molecular flexibility index (Phi) is 6.09. The van der Waals surface area contributed by atoms with Crippen molar-refractivity contribution in [1.29, 1.82) is 0 Å². The highest BCUT2D eigenvalue weighted by molar-refractivity contribution is 7.92. The fourth-order valence-electron chi connectivity index (χ4n) is 2.65. The summed E-state index contributed by atoms with van der Waals surface area (Å²) in [6, 6.07) is 13.7. The van der Waals surface area contributed by atoms with Gasteiger partial charge in [-0.2, -0.15) is 5.10 Å². The summed E-state index contributed by atoms with van der Waals surface area (Å²) in [6.07, 6.45) is 3.62. The molecule has 0 unspecified atom stereocenters. The van der Waals surface area contributed by atoms with Gasteiger partial charge in [0.05, 0.1) is 11.4 Å². The summed E-state index contributed by atoms with van der Waals surface area (Å²) in [5, 5.41) is 5.35. The lowest BCUT2D eigenvalue weighted by Crippen LogP contribution is -2.14. The summed E-state index contributed by atoms with van der Waals surface area (Å²) in [5.41, 5.74) is 1.95. The van der Waals surface area contributed by atoms with Gasteiger partial charge in [-0.05, 0) is 41.8 Å². The van der Waals surface area contributed by atoms with E-state index in [0.717, 1.165) is 24.0 Å². The molecule has 0 fully saturated rings. The Morgan fingerprint density at radius 2 is 1.81 bits per heavy atom. The number of rotatable bonds is 7. The first kappa shape index (κ1) is 19.7. The molecule has 142 valence electrons. The van der Waals surface area contributed by atoms with Gasteiger partial charge in [0.1, 0.15) is 0 Å². The van der Waals surface area contributed by atoms with Gasteiger partial charge in [-0.1, -0.05) is 54.7 Å². The molecule has 8 heteroatoms. The summed E-state index contributed by atoms with van der Waals surface area (Å²) in [4.78, 5) is 0.206. The number of nitrogens with one attached hydrogen (secondary N) is 1. The molecule has 2 aromatic carbocycles. The van der Waals surface area contributed by atoms with Crippen molar-refractivity contribution in [3.05, 3.63) is 75.9 Å². The summed E-state index contributed by atoms with van der Waals surface area (Å²) in [6.45, 7) is 2.49. The van der Waals surface area contributed by atoms with Gasteiger partial charge in [-0.15, -0.1) is 0 Å². The van der Waals surface area contributed by atoms with E-state index in [0.29, 0.717) is 16.6 Å². The van der Waals surface area contributed by atoms with Gasteiger partial charge in [-0.3, -0.25) is 9.40 Å². The van der Waals surface area contributed by atoms with Crippen LogP contribution in [0, 0.1) is 0 Å². The second-order valence-electron chi connectivity index (χ2n) is 6.13. The number of aromatic nitrogens is 2. The van der Waals surface area contributed by atoms with Gasteiger partial charge in [-0.25, -0.2) is 8.42 Å². The molecule has 3 rings (SSSR count). The van der Waals surface area contributed by atoms with E-state index in [1.807, 2.05) is 18.2 Å². The average molecular weight is 424 g/mol. The smallest absolute Gasteiger partial charge is 0.263 e. The zero-order valence-corrected chi connectivity index (χ0v) is 17.0. The van der Waals surface area contributed by atoms with E-state index >= 15 is 0 Å². The first-order valence-corrected chi connectivity index (χ1v) is 10.7. The molecule has 0 spiro atoms. The molecule has 1 aromatic heterocycles. The normalized spacial score (nSPS) is 11.5. The second-order valence-corrected chi connectivity index (χ2v) is 8.66. The fourth-order valence-corrected chi connectivity index (χ4v) is 4.11. The predicted molar refractivity (Wildman–Crippen MR) is 109 cm³/mol. The van der Waals surface area contributed by atoms with Crippen molar-refractivity contribution in [1.82, 2.24) is 9.78 Å². The molecule has 3 aromatic rings. The van der Waals surface area contributed by atoms with Crippen LogP contribution in [0.25, 0.3) is 0 Å². The Morgan fingerprint density at radius 1 is 1.07 bits per heavy atom. The Labute approximate surface area is 169 Å². The molecule has 1 heterocycles. The van der Waals surface area contributed by atoms with Crippen LogP contribution in [0.15, 0.2) is 59.6 Å². The van der Waals surface area contributed by atoms with E-state index in [2.05, 4.69) is 16.7 Å². The lowest BCUT2D eigenvalue weighted by Gasteiger charge is -2.07. The molecule has 0 atom stereocenters. The van der Waals surface area contributed by atoms with E-state index in [-0.39, 0.29) is 10.7 Å². The van der Waals surface area contributed by atoms with E-state index < -0.39 is 10.0 Å². The molecule has 0 bridgehead atoms. The average Bonchev–Trinajstić information content (AvgIpc) is 3.04. The van der Waals surface area contributed by atoms with Crippen molar-refractivity contribution >= 4 is 39.0 Å². The number of nitrogens with zero attached hydrogens (tertiary/aromatic N) is 2. The third kappa shape index (κ3) is 5.03. The standard InChI is InChI=1S/C19H19Cl2N3O2S/c1-2-3-14-4-8-17(9-5-14)27(25,26)23-19-10-11-24(22-19)13-15-6-7-16(20)12-18(15)21/h4-12H,2-3,13H2,1H3,(H,22,23).